The molecule has 11 rings (SSSR count). The molecule has 5 nitrogen and oxygen atoms in total. The maximum atomic E-state index is 2.37. The van der Waals surface area contributed by atoms with E-state index in [0.717, 1.165) is 31.6 Å². The molecule has 0 radical (unpaired) electrons. The molecule has 5 aromatic carbocycles. The quantitative estimate of drug-likeness (QED) is 0.109. The molecule has 0 saturated heterocycles. The number of nitrogens with zero attached hydrogens (tertiary/aromatic N) is 5. The summed E-state index contributed by atoms with van der Waals surface area (Å²) in [6, 6.07) is 54.8. The van der Waals surface area contributed by atoms with Crippen LogP contribution in [0.15, 0.2) is 183 Å². The third-order valence-corrected chi connectivity index (χ3v) is 19.5. The lowest BCUT2D eigenvalue weighted by Gasteiger charge is -2.19. The van der Waals surface area contributed by atoms with Gasteiger partial charge < -0.3 is 0 Å². The van der Waals surface area contributed by atoms with Crippen LogP contribution >= 0.6 is 0 Å². The standard InChI is InChI=1S/C19H24N.2C19H26N.2C18H24N/c1-14-8-4-7-11-17(14)19-12-15(2)18(13-20(19)3)16-9-5-6-10-16;1-14-9-7-8-10-17(14)18-11-16(12-19(3,4)5)15(2)13-20(18)6;1-14-9-7-8-10-17(14)18-11-15(2)16(13-20(18)6)12-19(3,4)5;1-13(2)10-16-11-18(19(5)12-15(16)4)17-9-7-6-8-14(17)3;1-13(2)10-16-12-19(5)18(11-15(16)4)17-9-7-6-8-14(17)3/h4,7-8,11-13,16H,5-6,9-10H2,1-3H3;2*7-11,13H,12H2,1-6H3;2*6-9,11-13H,10H2,1-5H3/q5*+1. The van der Waals surface area contributed by atoms with Crippen LogP contribution in [0.2, 0.25) is 0 Å². The molecule has 1 aliphatic carbocycles. The first-order chi connectivity index (χ1) is 46.2. The van der Waals surface area contributed by atoms with E-state index < -0.39 is 0 Å². The smallest absolute Gasteiger partial charge is 0.201 e. The zero-order chi connectivity index (χ0) is 71.9. The van der Waals surface area contributed by atoms with E-state index in [0.29, 0.717) is 22.7 Å². The molecule has 0 spiro atoms. The zero-order valence-corrected chi connectivity index (χ0v) is 65.4. The van der Waals surface area contributed by atoms with Gasteiger partial charge in [-0.25, -0.2) is 22.8 Å². The second kappa shape index (κ2) is 34.6. The van der Waals surface area contributed by atoms with Gasteiger partial charge in [0.05, 0.1) is 0 Å². The van der Waals surface area contributed by atoms with Gasteiger partial charge in [-0.2, -0.15) is 0 Å². The van der Waals surface area contributed by atoms with Crippen LogP contribution in [0, 0.1) is 91.9 Å². The lowest BCUT2D eigenvalue weighted by Crippen LogP contribution is -2.32. The van der Waals surface area contributed by atoms with E-state index in [2.05, 4.69) is 379 Å². The topological polar surface area (TPSA) is 19.4 Å². The van der Waals surface area contributed by atoms with E-state index in [1.54, 1.807) is 5.56 Å². The van der Waals surface area contributed by atoms with Crippen LogP contribution in [0.1, 0.15) is 184 Å². The third kappa shape index (κ3) is 21.4. The van der Waals surface area contributed by atoms with Crippen LogP contribution < -0.4 is 22.8 Å². The fourth-order valence-electron chi connectivity index (χ4n) is 14.2. The number of rotatable bonds is 12. The summed E-state index contributed by atoms with van der Waals surface area (Å²) in [6.07, 6.45) is 21.5. The van der Waals surface area contributed by atoms with Crippen molar-refractivity contribution in [3.8, 4) is 56.3 Å². The molecule has 0 bridgehead atoms. The Morgan fingerprint density at radius 2 is 0.582 bits per heavy atom. The number of hydrogen-bond donors (Lipinski definition) is 0. The average Bonchev–Trinajstić information content (AvgIpc) is 1.09. The maximum Gasteiger partial charge on any atom is 0.212 e. The van der Waals surface area contributed by atoms with Gasteiger partial charge in [0.15, 0.2) is 31.0 Å². The van der Waals surface area contributed by atoms with Crippen LogP contribution in [0.5, 0.6) is 0 Å². The Labute approximate surface area is 595 Å². The summed E-state index contributed by atoms with van der Waals surface area (Å²) in [6.45, 7) is 44.9. The summed E-state index contributed by atoms with van der Waals surface area (Å²) in [5.74, 6) is 2.17. The molecule has 516 valence electrons. The second-order valence-electron chi connectivity index (χ2n) is 32.0. The van der Waals surface area contributed by atoms with Gasteiger partial charge >= 0.3 is 0 Å². The van der Waals surface area contributed by atoms with Gasteiger partial charge in [0.1, 0.15) is 35.2 Å². The molecule has 0 N–H and O–H groups in total. The van der Waals surface area contributed by atoms with Gasteiger partial charge in [-0.15, -0.1) is 0 Å². The number of hydrogen-bond acceptors (Lipinski definition) is 0. The van der Waals surface area contributed by atoms with Crippen molar-refractivity contribution in [1.82, 2.24) is 0 Å². The molecule has 1 saturated carbocycles. The summed E-state index contributed by atoms with van der Waals surface area (Å²) in [4.78, 5) is 0. The number of benzene rings is 5. The maximum absolute atomic E-state index is 2.37. The predicted octanol–water partition coefficient (Wildman–Crippen LogP) is 21.2. The van der Waals surface area contributed by atoms with Crippen molar-refractivity contribution in [3.05, 3.63) is 266 Å². The molecule has 0 unspecified atom stereocenters. The molecule has 0 amide bonds. The summed E-state index contributed by atoms with van der Waals surface area (Å²) >= 11 is 0. The third-order valence-electron chi connectivity index (χ3n) is 19.5. The largest absolute Gasteiger partial charge is 0.212 e. The van der Waals surface area contributed by atoms with Gasteiger partial charge in [0.25, 0.3) is 0 Å². The minimum Gasteiger partial charge on any atom is -0.201 e. The molecule has 1 fully saturated rings. The first-order valence-electron chi connectivity index (χ1n) is 36.5. The molecule has 5 heterocycles. The monoisotopic (exact) mass is 1310 g/mol. The van der Waals surface area contributed by atoms with Gasteiger partial charge in [-0.3, -0.25) is 0 Å². The minimum atomic E-state index is 0.313. The fraction of sp³-hybridized carbons (Fsp3) is 0.409. The van der Waals surface area contributed by atoms with Gasteiger partial charge in [0.2, 0.25) is 28.5 Å². The molecule has 5 heteroatoms. The van der Waals surface area contributed by atoms with Crippen molar-refractivity contribution in [2.24, 2.45) is 57.9 Å². The van der Waals surface area contributed by atoms with E-state index in [-0.39, 0.29) is 0 Å². The van der Waals surface area contributed by atoms with Gasteiger partial charge in [-0.05, 0) is 222 Å². The summed E-state index contributed by atoms with van der Waals surface area (Å²) in [5, 5.41) is 0. The molecule has 0 aliphatic heterocycles. The summed E-state index contributed by atoms with van der Waals surface area (Å²) in [7, 11) is 10.7. The van der Waals surface area contributed by atoms with Crippen molar-refractivity contribution in [2.45, 2.75) is 196 Å². The molecular weight excluding hydrogens is 1190 g/mol. The Hall–Kier alpha value is -8.15. The lowest BCUT2D eigenvalue weighted by atomic mass is 9.86. The molecule has 10 aromatic rings. The van der Waals surface area contributed by atoms with E-state index in [4.69, 9.17) is 0 Å². The average molecular weight is 1310 g/mol. The van der Waals surface area contributed by atoms with Crippen LogP contribution in [-0.2, 0) is 60.9 Å². The Morgan fingerprint density at radius 1 is 0.306 bits per heavy atom. The summed E-state index contributed by atoms with van der Waals surface area (Å²) in [5.41, 5.74) is 34.8. The highest BCUT2D eigenvalue weighted by molar-refractivity contribution is 5.65. The summed E-state index contributed by atoms with van der Waals surface area (Å²) < 4.78 is 11.3. The Morgan fingerprint density at radius 3 is 0.939 bits per heavy atom. The molecular formula is C93H124N5+5. The number of aromatic nitrogens is 5. The van der Waals surface area contributed by atoms with Crippen LogP contribution in [0.3, 0.4) is 0 Å². The van der Waals surface area contributed by atoms with Gasteiger partial charge in [-0.1, -0.05) is 173 Å². The number of aryl methyl sites for hydroxylation is 15. The Balaban J connectivity index is 0.000000172. The molecule has 5 aromatic heterocycles. The van der Waals surface area contributed by atoms with Crippen molar-refractivity contribution < 1.29 is 22.8 Å². The van der Waals surface area contributed by atoms with E-state index in [1.165, 1.54) is 160 Å². The lowest BCUT2D eigenvalue weighted by molar-refractivity contribution is -0.661. The minimum absolute atomic E-state index is 0.313. The first kappa shape index (κ1) is 77.2. The van der Waals surface area contributed by atoms with Crippen LogP contribution in [0.25, 0.3) is 56.3 Å². The van der Waals surface area contributed by atoms with Gasteiger partial charge in [0, 0.05) is 86.0 Å². The predicted molar refractivity (Wildman–Crippen MR) is 417 cm³/mol. The van der Waals surface area contributed by atoms with Crippen LogP contribution in [-0.4, -0.2) is 0 Å². The molecule has 1 aliphatic rings. The fourth-order valence-corrected chi connectivity index (χ4v) is 14.2. The van der Waals surface area contributed by atoms with Crippen molar-refractivity contribution in [2.75, 3.05) is 0 Å². The van der Waals surface area contributed by atoms with Crippen molar-refractivity contribution in [1.29, 1.82) is 0 Å². The molecule has 0 atom stereocenters. The highest BCUT2D eigenvalue weighted by Gasteiger charge is 2.26. The normalized spacial score (nSPS) is 12.3. The highest BCUT2D eigenvalue weighted by atomic mass is 14.9. The zero-order valence-electron chi connectivity index (χ0n) is 65.4. The second-order valence-corrected chi connectivity index (χ2v) is 32.0. The van der Waals surface area contributed by atoms with Crippen molar-refractivity contribution in [3.63, 3.8) is 0 Å². The van der Waals surface area contributed by atoms with E-state index in [1.807, 2.05) is 0 Å². The van der Waals surface area contributed by atoms with E-state index >= 15 is 0 Å². The number of pyridine rings is 5. The Bertz CT molecular complexity index is 4310. The Kier molecular flexibility index (Phi) is 27.2. The first-order valence-corrected chi connectivity index (χ1v) is 36.5. The van der Waals surface area contributed by atoms with Crippen molar-refractivity contribution >= 4 is 0 Å². The molecule has 98 heavy (non-hydrogen) atoms. The van der Waals surface area contributed by atoms with E-state index in [9.17, 15) is 0 Å². The highest BCUT2D eigenvalue weighted by Crippen LogP contribution is 2.37. The SMILES string of the molecule is Cc1c[n+](C)c(-c2ccccc2C)cc1CC(C)(C)C.Cc1c[n+](C)c(-c2ccccc2C)cc1CC(C)C.Cc1cc(-c2ccccc2C)[n+](C)cc1CC(C)(C)C.Cc1cc(-c2ccccc2C)[n+](C)cc1CC(C)C.Cc1ccccc1-c1cc(C)c(C2CCCC2)c[n+]1C. The van der Waals surface area contributed by atoms with Crippen LogP contribution in [0.4, 0.5) is 0 Å².